The molecule has 0 radical (unpaired) electrons. The highest BCUT2D eigenvalue weighted by Crippen LogP contribution is 2.44. The summed E-state index contributed by atoms with van der Waals surface area (Å²) >= 11 is 1.18. The summed E-state index contributed by atoms with van der Waals surface area (Å²) in [4.78, 5) is 41.8. The van der Waals surface area contributed by atoms with Gasteiger partial charge in [-0.15, -0.1) is 11.3 Å². The zero-order valence-corrected chi connectivity index (χ0v) is 19.4. The third-order valence-electron chi connectivity index (χ3n) is 6.32. The monoisotopic (exact) mass is 493 g/mol. The molecule has 0 unspecified atom stereocenters. The molecule has 2 aliphatic rings. The number of hydrogen-bond acceptors (Lipinski definition) is 7. The predicted molar refractivity (Wildman–Crippen MR) is 127 cm³/mol. The van der Waals surface area contributed by atoms with Crippen LogP contribution in [0.4, 0.5) is 4.79 Å². The zero-order chi connectivity index (χ0) is 24.5. The number of thiazole rings is 1. The average molecular weight is 494 g/mol. The minimum atomic E-state index is -1.16. The van der Waals surface area contributed by atoms with Gasteiger partial charge in [-0.25, -0.2) is 14.6 Å². The maximum absolute atomic E-state index is 12.7. The van der Waals surface area contributed by atoms with E-state index in [0.29, 0.717) is 5.01 Å². The summed E-state index contributed by atoms with van der Waals surface area (Å²) in [6, 6.07) is 15.1. The van der Waals surface area contributed by atoms with Crippen LogP contribution in [0.3, 0.4) is 0 Å². The number of carboxylic acid groups (broad SMARTS) is 1. The molecule has 3 N–H and O–H groups in total. The van der Waals surface area contributed by atoms with Gasteiger partial charge >= 0.3 is 12.1 Å². The van der Waals surface area contributed by atoms with Gasteiger partial charge in [0.05, 0.1) is 12.6 Å². The van der Waals surface area contributed by atoms with Gasteiger partial charge in [0.25, 0.3) is 5.91 Å². The summed E-state index contributed by atoms with van der Waals surface area (Å²) in [6.45, 7) is 0.204. The van der Waals surface area contributed by atoms with E-state index in [9.17, 15) is 24.6 Å². The van der Waals surface area contributed by atoms with Crippen LogP contribution in [0.25, 0.3) is 11.1 Å². The molecule has 1 aliphatic heterocycles. The number of hydrogen-bond donors (Lipinski definition) is 3. The maximum atomic E-state index is 12.7. The molecule has 1 aliphatic carbocycles. The number of β-amino-alcohol motifs (C(OH)–C–C–N with tert-alkyl or cyclic N) is 1. The molecule has 9 nitrogen and oxygen atoms in total. The lowest BCUT2D eigenvalue weighted by Crippen LogP contribution is -2.40. The number of nitrogens with one attached hydrogen (secondary N) is 1. The van der Waals surface area contributed by atoms with Crippen molar-refractivity contribution >= 4 is 29.3 Å². The summed E-state index contributed by atoms with van der Waals surface area (Å²) < 4.78 is 5.51. The highest BCUT2D eigenvalue weighted by atomic mass is 32.1. The summed E-state index contributed by atoms with van der Waals surface area (Å²) in [6.07, 6.45) is -1.49. The van der Waals surface area contributed by atoms with Gasteiger partial charge in [0.15, 0.2) is 0 Å². The number of carbonyl (C=O) groups excluding carboxylic acids is 2. The number of aromatic nitrogens is 1. The van der Waals surface area contributed by atoms with Crippen LogP contribution in [-0.2, 0) is 16.1 Å². The Morgan fingerprint density at radius 1 is 1.09 bits per heavy atom. The van der Waals surface area contributed by atoms with Gasteiger partial charge in [0, 0.05) is 24.3 Å². The number of aliphatic hydroxyl groups is 1. The number of nitrogens with zero attached hydrogens (tertiary/aromatic N) is 2. The van der Waals surface area contributed by atoms with Crippen molar-refractivity contribution in [1.29, 1.82) is 0 Å². The van der Waals surface area contributed by atoms with E-state index in [1.165, 1.54) is 16.7 Å². The number of rotatable bonds is 6. The number of benzene rings is 2. The van der Waals surface area contributed by atoms with Gasteiger partial charge in [-0.05, 0) is 22.3 Å². The molecule has 0 spiro atoms. The molecule has 10 heteroatoms. The van der Waals surface area contributed by atoms with Gasteiger partial charge < -0.3 is 25.2 Å². The Labute approximate surface area is 205 Å². The fraction of sp³-hybridized carbons (Fsp3) is 0.280. The largest absolute Gasteiger partial charge is 0.480 e. The second-order valence-corrected chi connectivity index (χ2v) is 9.45. The van der Waals surface area contributed by atoms with E-state index < -0.39 is 30.1 Å². The molecule has 1 fully saturated rings. The fourth-order valence-corrected chi connectivity index (χ4v) is 5.41. The lowest BCUT2D eigenvalue weighted by atomic mass is 9.98. The summed E-state index contributed by atoms with van der Waals surface area (Å²) in [7, 11) is 0. The topological polar surface area (TPSA) is 129 Å². The van der Waals surface area contributed by atoms with Crippen LogP contribution in [0, 0.1) is 0 Å². The number of fused-ring (bicyclic) bond motifs is 3. The summed E-state index contributed by atoms with van der Waals surface area (Å²) in [5.41, 5.74) is 4.62. The lowest BCUT2D eigenvalue weighted by Gasteiger charge is -2.19. The molecule has 2 atom stereocenters. The highest BCUT2D eigenvalue weighted by Gasteiger charge is 2.40. The van der Waals surface area contributed by atoms with Crippen molar-refractivity contribution in [2.45, 2.75) is 31.0 Å². The van der Waals surface area contributed by atoms with Crippen molar-refractivity contribution in [3.05, 3.63) is 75.7 Å². The summed E-state index contributed by atoms with van der Waals surface area (Å²) in [5, 5.41) is 23.7. The van der Waals surface area contributed by atoms with Crippen molar-refractivity contribution < 1.29 is 29.3 Å². The molecule has 0 bridgehead atoms. The summed E-state index contributed by atoms with van der Waals surface area (Å²) in [5.74, 6) is -1.77. The van der Waals surface area contributed by atoms with Crippen LogP contribution in [0.5, 0.6) is 0 Å². The van der Waals surface area contributed by atoms with Gasteiger partial charge in [-0.2, -0.15) is 0 Å². The quantitative estimate of drug-likeness (QED) is 0.482. The van der Waals surface area contributed by atoms with Crippen LogP contribution in [0.2, 0.25) is 0 Å². The second kappa shape index (κ2) is 9.47. The van der Waals surface area contributed by atoms with E-state index >= 15 is 0 Å². The van der Waals surface area contributed by atoms with E-state index in [0.717, 1.165) is 27.2 Å². The zero-order valence-electron chi connectivity index (χ0n) is 18.6. The second-order valence-electron chi connectivity index (χ2n) is 8.51. The van der Waals surface area contributed by atoms with Gasteiger partial charge in [0.1, 0.15) is 23.4 Å². The molecular weight excluding hydrogens is 470 g/mol. The Morgan fingerprint density at radius 2 is 1.74 bits per heavy atom. The first-order chi connectivity index (χ1) is 16.9. The van der Waals surface area contributed by atoms with Gasteiger partial charge in [0.2, 0.25) is 0 Å². The molecule has 2 amide bonds. The standard InChI is InChI=1S/C25H23N3O6S/c29-14-9-21(24(31)32)28(11-14)23(30)20-13-35-22(27-20)10-26-25(33)34-12-19-17-7-3-1-5-15(17)16-6-2-4-8-18(16)19/h1-8,13-14,19,21,29H,9-12H2,(H,26,33)(H,31,32)/t14-,21-/m0/s1. The predicted octanol–water partition coefficient (Wildman–Crippen LogP) is 2.84. The molecule has 1 saturated heterocycles. The maximum Gasteiger partial charge on any atom is 0.407 e. The lowest BCUT2D eigenvalue weighted by molar-refractivity contribution is -0.141. The Bertz CT molecular complexity index is 1250. The molecular formula is C25H23N3O6S. The molecule has 2 heterocycles. The first-order valence-corrected chi connectivity index (χ1v) is 12.1. The first-order valence-electron chi connectivity index (χ1n) is 11.2. The minimum absolute atomic E-state index is 0.0125. The number of alkyl carbamates (subject to hydrolysis) is 1. The van der Waals surface area contributed by atoms with Crippen molar-refractivity contribution in [1.82, 2.24) is 15.2 Å². The Kier molecular flexibility index (Phi) is 6.23. The highest BCUT2D eigenvalue weighted by molar-refractivity contribution is 7.09. The van der Waals surface area contributed by atoms with E-state index in [4.69, 9.17) is 4.74 Å². The molecule has 0 saturated carbocycles. The first kappa shape index (κ1) is 23.0. The Morgan fingerprint density at radius 3 is 2.40 bits per heavy atom. The Balaban J connectivity index is 1.17. The van der Waals surface area contributed by atoms with E-state index in [-0.39, 0.29) is 37.7 Å². The van der Waals surface area contributed by atoms with E-state index in [2.05, 4.69) is 22.4 Å². The van der Waals surface area contributed by atoms with Crippen molar-refractivity contribution in [2.24, 2.45) is 0 Å². The van der Waals surface area contributed by atoms with Crippen molar-refractivity contribution in [3.63, 3.8) is 0 Å². The molecule has 5 rings (SSSR count). The minimum Gasteiger partial charge on any atom is -0.480 e. The molecule has 180 valence electrons. The average Bonchev–Trinajstić information content (AvgIpc) is 3.57. The van der Waals surface area contributed by atoms with E-state index in [1.807, 2.05) is 36.4 Å². The third-order valence-corrected chi connectivity index (χ3v) is 7.17. The smallest absolute Gasteiger partial charge is 0.407 e. The Hall–Kier alpha value is -3.76. The number of aliphatic hydroxyl groups excluding tert-OH is 1. The fourth-order valence-electron chi connectivity index (χ4n) is 4.71. The van der Waals surface area contributed by atoms with Crippen LogP contribution in [0.15, 0.2) is 53.9 Å². The van der Waals surface area contributed by atoms with Crippen LogP contribution in [0.1, 0.15) is 39.0 Å². The number of carbonyl (C=O) groups is 3. The van der Waals surface area contributed by atoms with Crippen molar-refractivity contribution in [2.75, 3.05) is 13.2 Å². The number of carboxylic acids is 1. The third kappa shape index (κ3) is 4.50. The number of likely N-dealkylation sites (tertiary alicyclic amines) is 1. The van der Waals surface area contributed by atoms with E-state index in [1.54, 1.807) is 0 Å². The number of amides is 2. The van der Waals surface area contributed by atoms with Gasteiger partial charge in [-0.3, -0.25) is 4.79 Å². The van der Waals surface area contributed by atoms with Crippen LogP contribution >= 0.6 is 11.3 Å². The molecule has 35 heavy (non-hydrogen) atoms. The van der Waals surface area contributed by atoms with Gasteiger partial charge in [-0.1, -0.05) is 48.5 Å². The van der Waals surface area contributed by atoms with Crippen LogP contribution in [-0.4, -0.2) is 63.4 Å². The SMILES string of the molecule is O=C(NCc1nc(C(=O)N2C[C@@H](O)C[C@H]2C(=O)O)cs1)OCC1c2ccccc2-c2ccccc21. The molecule has 2 aromatic carbocycles. The number of aliphatic carboxylic acids is 1. The molecule has 1 aromatic heterocycles. The normalized spacial score (nSPS) is 18.7. The van der Waals surface area contributed by atoms with Crippen LogP contribution < -0.4 is 5.32 Å². The number of ether oxygens (including phenoxy) is 1. The van der Waals surface area contributed by atoms with Crippen molar-refractivity contribution in [3.8, 4) is 11.1 Å². The molecule has 3 aromatic rings.